The molecule has 1 aliphatic rings. The SMILES string of the molecule is O=C1ON=C(c2cccc([N+](=O)[O-])c2)/C1=C/c1ccccc1Cl. The third kappa shape index (κ3) is 2.97. The summed E-state index contributed by atoms with van der Waals surface area (Å²) in [5.74, 6) is -0.633. The maximum Gasteiger partial charge on any atom is 0.368 e. The average Bonchev–Trinajstić information content (AvgIpc) is 2.91. The van der Waals surface area contributed by atoms with E-state index in [-0.39, 0.29) is 17.0 Å². The van der Waals surface area contributed by atoms with E-state index in [0.717, 1.165) is 0 Å². The highest BCUT2D eigenvalue weighted by Crippen LogP contribution is 2.25. The molecule has 23 heavy (non-hydrogen) atoms. The number of oxime groups is 1. The van der Waals surface area contributed by atoms with Crippen LogP contribution in [0.5, 0.6) is 0 Å². The van der Waals surface area contributed by atoms with Gasteiger partial charge in [0.1, 0.15) is 5.71 Å². The molecule has 0 unspecified atom stereocenters. The van der Waals surface area contributed by atoms with Crippen LogP contribution in [0.2, 0.25) is 5.02 Å². The van der Waals surface area contributed by atoms with Gasteiger partial charge in [0.05, 0.1) is 10.5 Å². The van der Waals surface area contributed by atoms with Crippen LogP contribution >= 0.6 is 11.6 Å². The second-order valence-corrected chi connectivity index (χ2v) is 5.11. The Morgan fingerprint density at radius 2 is 1.96 bits per heavy atom. The van der Waals surface area contributed by atoms with Gasteiger partial charge in [-0.3, -0.25) is 10.1 Å². The standard InChI is InChI=1S/C16H9ClN2O4/c17-14-7-2-1-4-10(14)9-13-15(18-23-16(13)20)11-5-3-6-12(8-11)19(21)22/h1-9H/b13-9-. The lowest BCUT2D eigenvalue weighted by Gasteiger charge is -2.02. The van der Waals surface area contributed by atoms with Crippen LogP contribution in [0.1, 0.15) is 11.1 Å². The zero-order valence-electron chi connectivity index (χ0n) is 11.6. The Morgan fingerprint density at radius 1 is 1.17 bits per heavy atom. The predicted octanol–water partition coefficient (Wildman–Crippen LogP) is 3.59. The summed E-state index contributed by atoms with van der Waals surface area (Å²) >= 11 is 6.09. The lowest BCUT2D eigenvalue weighted by Crippen LogP contribution is -2.07. The number of carbonyl (C=O) groups is 1. The molecule has 0 saturated heterocycles. The number of non-ortho nitro benzene ring substituents is 1. The lowest BCUT2D eigenvalue weighted by atomic mass is 10.0. The van der Waals surface area contributed by atoms with Crippen molar-refractivity contribution >= 4 is 35.0 Å². The molecule has 0 saturated carbocycles. The Bertz CT molecular complexity index is 874. The average molecular weight is 329 g/mol. The Balaban J connectivity index is 2.06. The first-order chi connectivity index (χ1) is 11.1. The summed E-state index contributed by atoms with van der Waals surface area (Å²) in [7, 11) is 0. The number of hydrogen-bond acceptors (Lipinski definition) is 5. The minimum absolute atomic E-state index is 0.0957. The van der Waals surface area contributed by atoms with Crippen LogP contribution in [0.25, 0.3) is 6.08 Å². The number of nitrogens with zero attached hydrogens (tertiary/aromatic N) is 2. The Hall–Kier alpha value is -2.99. The van der Waals surface area contributed by atoms with Gasteiger partial charge in [0.2, 0.25) is 0 Å². The van der Waals surface area contributed by atoms with Gasteiger partial charge in [-0.2, -0.15) is 0 Å². The molecule has 0 fully saturated rings. The highest BCUT2D eigenvalue weighted by Gasteiger charge is 2.27. The van der Waals surface area contributed by atoms with E-state index in [1.165, 1.54) is 18.2 Å². The molecule has 0 aromatic heterocycles. The fourth-order valence-corrected chi connectivity index (χ4v) is 2.32. The fraction of sp³-hybridized carbons (Fsp3) is 0. The maximum atomic E-state index is 11.9. The molecule has 1 aliphatic heterocycles. The van der Waals surface area contributed by atoms with Gasteiger partial charge >= 0.3 is 5.97 Å². The molecule has 0 bridgehead atoms. The molecular formula is C16H9ClN2O4. The molecule has 114 valence electrons. The molecular weight excluding hydrogens is 320 g/mol. The quantitative estimate of drug-likeness (QED) is 0.373. The van der Waals surface area contributed by atoms with Crippen molar-refractivity contribution in [2.24, 2.45) is 5.16 Å². The third-order valence-corrected chi connectivity index (χ3v) is 3.57. The molecule has 6 nitrogen and oxygen atoms in total. The summed E-state index contributed by atoms with van der Waals surface area (Å²) in [5.41, 5.74) is 1.38. The van der Waals surface area contributed by atoms with Crippen molar-refractivity contribution in [1.82, 2.24) is 0 Å². The molecule has 7 heteroatoms. The lowest BCUT2D eigenvalue weighted by molar-refractivity contribution is -0.384. The Labute approximate surface area is 135 Å². The summed E-state index contributed by atoms with van der Waals surface area (Å²) in [6.07, 6.45) is 1.55. The fourth-order valence-electron chi connectivity index (χ4n) is 2.13. The monoisotopic (exact) mass is 328 g/mol. The van der Waals surface area contributed by atoms with Crippen molar-refractivity contribution in [1.29, 1.82) is 0 Å². The van der Waals surface area contributed by atoms with Crippen molar-refractivity contribution in [2.75, 3.05) is 0 Å². The zero-order chi connectivity index (χ0) is 16.4. The zero-order valence-corrected chi connectivity index (χ0v) is 12.4. The first-order valence-electron chi connectivity index (χ1n) is 6.57. The summed E-state index contributed by atoms with van der Waals surface area (Å²) in [6.45, 7) is 0. The predicted molar refractivity (Wildman–Crippen MR) is 85.2 cm³/mol. The van der Waals surface area contributed by atoms with Crippen molar-refractivity contribution in [3.05, 3.63) is 80.4 Å². The van der Waals surface area contributed by atoms with E-state index in [4.69, 9.17) is 16.4 Å². The number of benzene rings is 2. The van der Waals surface area contributed by atoms with Gasteiger partial charge < -0.3 is 4.84 Å². The van der Waals surface area contributed by atoms with Crippen LogP contribution in [-0.2, 0) is 9.63 Å². The van der Waals surface area contributed by atoms with E-state index in [2.05, 4.69) is 5.16 Å². The molecule has 0 spiro atoms. The maximum absolute atomic E-state index is 11.9. The van der Waals surface area contributed by atoms with Crippen molar-refractivity contribution in [3.63, 3.8) is 0 Å². The molecule has 0 amide bonds. The number of hydrogen-bond donors (Lipinski definition) is 0. The Kier molecular flexibility index (Phi) is 3.91. The van der Waals surface area contributed by atoms with Crippen LogP contribution in [0.15, 0.2) is 59.3 Å². The summed E-state index contributed by atoms with van der Waals surface area (Å²) in [5, 5.41) is 15.1. The number of nitro benzene ring substituents is 1. The third-order valence-electron chi connectivity index (χ3n) is 3.23. The van der Waals surface area contributed by atoms with Crippen LogP contribution in [0.4, 0.5) is 5.69 Å². The molecule has 0 N–H and O–H groups in total. The highest BCUT2D eigenvalue weighted by molar-refractivity contribution is 6.34. The largest absolute Gasteiger partial charge is 0.368 e. The summed E-state index contributed by atoms with van der Waals surface area (Å²) in [6, 6.07) is 12.8. The van der Waals surface area contributed by atoms with Gasteiger partial charge in [0.25, 0.3) is 5.69 Å². The molecule has 0 atom stereocenters. The minimum Gasteiger partial charge on any atom is -0.312 e. The van der Waals surface area contributed by atoms with Gasteiger partial charge in [-0.15, -0.1) is 0 Å². The molecule has 2 aromatic carbocycles. The van der Waals surface area contributed by atoms with E-state index < -0.39 is 10.9 Å². The van der Waals surface area contributed by atoms with Crippen molar-refractivity contribution in [2.45, 2.75) is 0 Å². The summed E-state index contributed by atoms with van der Waals surface area (Å²) in [4.78, 5) is 27.0. The smallest absolute Gasteiger partial charge is 0.312 e. The molecule has 1 heterocycles. The number of rotatable bonds is 3. The van der Waals surface area contributed by atoms with E-state index in [1.54, 1.807) is 36.4 Å². The van der Waals surface area contributed by atoms with Crippen LogP contribution < -0.4 is 0 Å². The van der Waals surface area contributed by atoms with E-state index in [1.807, 2.05) is 0 Å². The van der Waals surface area contributed by atoms with Gasteiger partial charge in [0.15, 0.2) is 0 Å². The molecule has 2 aromatic rings. The highest BCUT2D eigenvalue weighted by atomic mass is 35.5. The number of halogens is 1. The Morgan fingerprint density at radius 3 is 2.70 bits per heavy atom. The van der Waals surface area contributed by atoms with Crippen LogP contribution in [-0.4, -0.2) is 16.6 Å². The second kappa shape index (κ2) is 6.02. The minimum atomic E-state index is -0.633. The van der Waals surface area contributed by atoms with E-state index in [0.29, 0.717) is 16.1 Å². The number of carbonyl (C=O) groups excluding carboxylic acids is 1. The van der Waals surface area contributed by atoms with E-state index >= 15 is 0 Å². The first-order valence-corrected chi connectivity index (χ1v) is 6.95. The van der Waals surface area contributed by atoms with Gasteiger partial charge in [0, 0.05) is 22.7 Å². The van der Waals surface area contributed by atoms with Crippen LogP contribution in [0, 0.1) is 10.1 Å². The summed E-state index contributed by atoms with van der Waals surface area (Å²) < 4.78 is 0. The first kappa shape index (κ1) is 14.9. The van der Waals surface area contributed by atoms with Gasteiger partial charge in [-0.25, -0.2) is 4.79 Å². The number of nitro groups is 1. The van der Waals surface area contributed by atoms with Gasteiger partial charge in [-0.05, 0) is 17.7 Å². The van der Waals surface area contributed by atoms with Crippen LogP contribution in [0.3, 0.4) is 0 Å². The van der Waals surface area contributed by atoms with E-state index in [9.17, 15) is 14.9 Å². The topological polar surface area (TPSA) is 81.8 Å². The molecule has 0 radical (unpaired) electrons. The molecule has 3 rings (SSSR count). The molecule has 0 aliphatic carbocycles. The normalized spacial score (nSPS) is 15.4. The van der Waals surface area contributed by atoms with Crippen molar-refractivity contribution < 1.29 is 14.6 Å². The second-order valence-electron chi connectivity index (χ2n) is 4.71. The van der Waals surface area contributed by atoms with Gasteiger partial charge in [-0.1, -0.05) is 47.1 Å². The van der Waals surface area contributed by atoms with Crippen molar-refractivity contribution in [3.8, 4) is 0 Å².